The number of benzene rings is 2. The molecule has 0 unspecified atom stereocenters. The van der Waals surface area contributed by atoms with Gasteiger partial charge in [0.15, 0.2) is 6.54 Å². The van der Waals surface area contributed by atoms with Crippen LogP contribution in [-0.4, -0.2) is 24.4 Å². The van der Waals surface area contributed by atoms with Gasteiger partial charge in [0.2, 0.25) is 5.91 Å². The number of anilines is 1. The standard InChI is InChI=1S/C15H17N3O2/c1-10(17-14(19)9-16)15(20)18-13-7-6-11-4-2-3-5-12(11)8-13/h2-8,10H,9,16H2,1H3,(H,17,19)(H,18,20)/p+1/t10-/m0/s1. The Balaban J connectivity index is 2.07. The Hall–Kier alpha value is -2.40. The molecule has 0 radical (unpaired) electrons. The van der Waals surface area contributed by atoms with Crippen molar-refractivity contribution in [3.63, 3.8) is 0 Å². The summed E-state index contributed by atoms with van der Waals surface area (Å²) in [5.74, 6) is -0.492. The lowest BCUT2D eigenvalue weighted by Crippen LogP contribution is -2.59. The maximum atomic E-state index is 12.0. The third kappa shape index (κ3) is 3.33. The fourth-order valence-electron chi connectivity index (χ4n) is 1.90. The number of nitrogens with one attached hydrogen (secondary N) is 2. The molecule has 0 aliphatic rings. The van der Waals surface area contributed by atoms with Crippen LogP contribution in [0.25, 0.3) is 10.8 Å². The van der Waals surface area contributed by atoms with Crippen molar-refractivity contribution in [2.75, 3.05) is 11.9 Å². The van der Waals surface area contributed by atoms with Gasteiger partial charge < -0.3 is 16.4 Å². The van der Waals surface area contributed by atoms with E-state index in [1.807, 2.05) is 42.5 Å². The number of hydrogen-bond acceptors (Lipinski definition) is 2. The molecule has 0 saturated carbocycles. The second-order valence-corrected chi connectivity index (χ2v) is 4.59. The van der Waals surface area contributed by atoms with Crippen LogP contribution < -0.4 is 16.4 Å². The van der Waals surface area contributed by atoms with Crippen LogP contribution in [0.4, 0.5) is 5.69 Å². The van der Waals surface area contributed by atoms with Crippen molar-refractivity contribution in [2.24, 2.45) is 0 Å². The molecule has 5 heteroatoms. The molecule has 2 amide bonds. The quantitative estimate of drug-likeness (QED) is 0.758. The van der Waals surface area contributed by atoms with E-state index in [1.54, 1.807) is 6.92 Å². The van der Waals surface area contributed by atoms with Crippen LogP contribution in [0.2, 0.25) is 0 Å². The summed E-state index contributed by atoms with van der Waals surface area (Å²) in [5.41, 5.74) is 4.18. The van der Waals surface area contributed by atoms with Crippen molar-refractivity contribution >= 4 is 28.3 Å². The van der Waals surface area contributed by atoms with Crippen LogP contribution in [0.5, 0.6) is 0 Å². The molecule has 0 spiro atoms. The van der Waals surface area contributed by atoms with E-state index in [1.165, 1.54) is 0 Å². The summed E-state index contributed by atoms with van der Waals surface area (Å²) in [6.07, 6.45) is 0. The van der Waals surface area contributed by atoms with Crippen molar-refractivity contribution in [1.82, 2.24) is 5.32 Å². The van der Waals surface area contributed by atoms with Gasteiger partial charge in [-0.1, -0.05) is 30.3 Å². The normalized spacial score (nSPS) is 11.9. The predicted molar refractivity (Wildman–Crippen MR) is 77.9 cm³/mol. The third-order valence-electron chi connectivity index (χ3n) is 3.01. The van der Waals surface area contributed by atoms with Gasteiger partial charge in [0, 0.05) is 5.69 Å². The first-order chi connectivity index (χ1) is 9.60. The molecule has 5 N–H and O–H groups in total. The van der Waals surface area contributed by atoms with Gasteiger partial charge in [0.25, 0.3) is 5.91 Å². The molecule has 0 bridgehead atoms. The minimum absolute atomic E-state index is 0.119. The average molecular weight is 272 g/mol. The van der Waals surface area contributed by atoms with Crippen LogP contribution in [0.1, 0.15) is 6.92 Å². The Bertz CT molecular complexity index is 640. The number of amides is 2. The topological polar surface area (TPSA) is 85.8 Å². The van der Waals surface area contributed by atoms with Gasteiger partial charge in [-0.3, -0.25) is 9.59 Å². The number of fused-ring (bicyclic) bond motifs is 1. The molecule has 0 aliphatic heterocycles. The summed E-state index contributed by atoms with van der Waals surface area (Å²) >= 11 is 0. The van der Waals surface area contributed by atoms with Gasteiger partial charge in [0.05, 0.1) is 0 Å². The number of carbonyl (C=O) groups is 2. The molecule has 0 heterocycles. The molecule has 0 fully saturated rings. The first kappa shape index (κ1) is 14.0. The smallest absolute Gasteiger partial charge is 0.275 e. The molecule has 5 nitrogen and oxygen atoms in total. The summed E-state index contributed by atoms with van der Waals surface area (Å²) < 4.78 is 0. The second kappa shape index (κ2) is 6.16. The fourth-order valence-corrected chi connectivity index (χ4v) is 1.90. The zero-order valence-electron chi connectivity index (χ0n) is 11.3. The molecule has 2 aromatic rings. The first-order valence-corrected chi connectivity index (χ1v) is 6.48. The van der Waals surface area contributed by atoms with Crippen LogP contribution in [0.15, 0.2) is 42.5 Å². The fraction of sp³-hybridized carbons (Fsp3) is 0.200. The van der Waals surface area contributed by atoms with E-state index in [4.69, 9.17) is 0 Å². The summed E-state index contributed by atoms with van der Waals surface area (Å²) in [6.45, 7) is 1.76. The van der Waals surface area contributed by atoms with Gasteiger partial charge in [-0.25, -0.2) is 0 Å². The van der Waals surface area contributed by atoms with Crippen LogP contribution in [0, 0.1) is 0 Å². The molecule has 0 aliphatic carbocycles. The molecule has 0 aromatic heterocycles. The number of quaternary nitrogens is 1. The molecule has 0 saturated heterocycles. The zero-order valence-corrected chi connectivity index (χ0v) is 11.3. The van der Waals surface area contributed by atoms with Crippen LogP contribution >= 0.6 is 0 Å². The van der Waals surface area contributed by atoms with Crippen LogP contribution in [-0.2, 0) is 9.59 Å². The number of hydrogen-bond donors (Lipinski definition) is 3. The van der Waals surface area contributed by atoms with E-state index in [-0.39, 0.29) is 18.4 Å². The zero-order chi connectivity index (χ0) is 14.5. The second-order valence-electron chi connectivity index (χ2n) is 4.59. The van der Waals surface area contributed by atoms with Crippen molar-refractivity contribution in [3.05, 3.63) is 42.5 Å². The highest BCUT2D eigenvalue weighted by molar-refractivity contribution is 5.98. The van der Waals surface area contributed by atoms with Gasteiger partial charge >= 0.3 is 0 Å². The van der Waals surface area contributed by atoms with Crippen molar-refractivity contribution in [1.29, 1.82) is 0 Å². The minimum Gasteiger partial charge on any atom is -0.350 e. The van der Waals surface area contributed by atoms with Gasteiger partial charge in [0.1, 0.15) is 6.04 Å². The Morgan fingerprint density at radius 3 is 2.55 bits per heavy atom. The van der Waals surface area contributed by atoms with Crippen molar-refractivity contribution in [3.8, 4) is 0 Å². The number of rotatable bonds is 4. The van der Waals surface area contributed by atoms with Crippen molar-refractivity contribution < 1.29 is 15.3 Å². The monoisotopic (exact) mass is 272 g/mol. The Kier molecular flexibility index (Phi) is 4.32. The molecule has 1 atom stereocenters. The molecular formula is C15H18N3O2+. The van der Waals surface area contributed by atoms with Crippen LogP contribution in [0.3, 0.4) is 0 Å². The molecule has 20 heavy (non-hydrogen) atoms. The average Bonchev–Trinajstić information content (AvgIpc) is 2.46. The highest BCUT2D eigenvalue weighted by atomic mass is 16.2. The molecule has 2 rings (SSSR count). The lowest BCUT2D eigenvalue weighted by molar-refractivity contribution is -0.355. The lowest BCUT2D eigenvalue weighted by atomic mass is 10.1. The van der Waals surface area contributed by atoms with Gasteiger partial charge in [-0.2, -0.15) is 0 Å². The molecular weight excluding hydrogens is 254 g/mol. The predicted octanol–water partition coefficient (Wildman–Crippen LogP) is 0.525. The van der Waals surface area contributed by atoms with Gasteiger partial charge in [-0.15, -0.1) is 0 Å². The van der Waals surface area contributed by atoms with E-state index in [9.17, 15) is 9.59 Å². The van der Waals surface area contributed by atoms with E-state index in [0.717, 1.165) is 10.8 Å². The lowest BCUT2D eigenvalue weighted by Gasteiger charge is -2.13. The molecule has 2 aromatic carbocycles. The van der Waals surface area contributed by atoms with Gasteiger partial charge in [-0.05, 0) is 29.8 Å². The highest BCUT2D eigenvalue weighted by Crippen LogP contribution is 2.18. The summed E-state index contributed by atoms with van der Waals surface area (Å²) in [5, 5.41) is 7.53. The van der Waals surface area contributed by atoms with E-state index < -0.39 is 6.04 Å². The van der Waals surface area contributed by atoms with E-state index in [0.29, 0.717) is 5.69 Å². The SMILES string of the molecule is C[C@H](NC(=O)C[NH3+])C(=O)Nc1ccc2ccccc2c1. The number of carbonyl (C=O) groups excluding carboxylic acids is 2. The minimum atomic E-state index is -0.587. The third-order valence-corrected chi connectivity index (χ3v) is 3.01. The Morgan fingerprint density at radius 2 is 1.85 bits per heavy atom. The maximum absolute atomic E-state index is 12.0. The summed E-state index contributed by atoms with van der Waals surface area (Å²) in [6, 6.07) is 13.0. The summed E-state index contributed by atoms with van der Waals surface area (Å²) in [4.78, 5) is 23.2. The Labute approximate surface area is 117 Å². The summed E-state index contributed by atoms with van der Waals surface area (Å²) in [7, 11) is 0. The Morgan fingerprint density at radius 1 is 1.15 bits per heavy atom. The largest absolute Gasteiger partial charge is 0.350 e. The molecule has 104 valence electrons. The maximum Gasteiger partial charge on any atom is 0.275 e. The first-order valence-electron chi connectivity index (χ1n) is 6.48. The van der Waals surface area contributed by atoms with Crippen molar-refractivity contribution in [2.45, 2.75) is 13.0 Å². The van der Waals surface area contributed by atoms with E-state index in [2.05, 4.69) is 16.4 Å². The van der Waals surface area contributed by atoms with E-state index >= 15 is 0 Å². The highest BCUT2D eigenvalue weighted by Gasteiger charge is 2.15.